The number of hydrogen-bond donors (Lipinski definition) is 2. The van der Waals surface area contributed by atoms with Crippen molar-refractivity contribution in [2.45, 2.75) is 46.1 Å². The lowest BCUT2D eigenvalue weighted by molar-refractivity contribution is 0.0931. The first kappa shape index (κ1) is 20.5. The fourth-order valence-electron chi connectivity index (χ4n) is 3.29. The molecule has 1 aromatic carbocycles. The molecule has 2 heterocycles. The molecule has 7 nitrogen and oxygen atoms in total. The van der Waals surface area contributed by atoms with Crippen molar-refractivity contribution < 1.29 is 9.59 Å². The van der Waals surface area contributed by atoms with Gasteiger partial charge < -0.3 is 11.1 Å². The van der Waals surface area contributed by atoms with E-state index in [0.29, 0.717) is 11.6 Å². The van der Waals surface area contributed by atoms with Crippen molar-refractivity contribution in [2.75, 3.05) is 0 Å². The Balaban J connectivity index is 1.94. The van der Waals surface area contributed by atoms with Crippen LogP contribution in [0.1, 0.15) is 61.0 Å². The Hall–Kier alpha value is -3.22. The topological polar surface area (TPSA) is 102 Å². The number of rotatable bonds is 8. The number of primary amides is 1. The van der Waals surface area contributed by atoms with Crippen LogP contribution in [0.25, 0.3) is 16.9 Å². The molecule has 0 bridgehead atoms. The van der Waals surface area contributed by atoms with E-state index in [2.05, 4.69) is 29.1 Å². The van der Waals surface area contributed by atoms with Crippen molar-refractivity contribution in [3.05, 3.63) is 54.1 Å². The largest absolute Gasteiger partial charge is 0.364 e. The minimum absolute atomic E-state index is 0.0278. The number of nitrogens with zero attached hydrogens (tertiary/aromatic N) is 3. The molecule has 0 spiro atoms. The van der Waals surface area contributed by atoms with Crippen molar-refractivity contribution in [1.29, 1.82) is 0 Å². The predicted octanol–water partition coefficient (Wildman–Crippen LogP) is 3.44. The van der Waals surface area contributed by atoms with E-state index in [-0.39, 0.29) is 29.0 Å². The van der Waals surface area contributed by atoms with Gasteiger partial charge in [-0.2, -0.15) is 0 Å². The SMILES string of the molecule is CC(C)CCCC(C)NC(=O)c1cc(-c2ccccc2)n2cnc(C(N)=O)c2n1. The van der Waals surface area contributed by atoms with E-state index in [9.17, 15) is 9.59 Å². The lowest BCUT2D eigenvalue weighted by atomic mass is 10.0. The summed E-state index contributed by atoms with van der Waals surface area (Å²) in [5.74, 6) is -0.318. The highest BCUT2D eigenvalue weighted by Gasteiger charge is 2.19. The summed E-state index contributed by atoms with van der Waals surface area (Å²) in [4.78, 5) is 33.1. The first-order valence-corrected chi connectivity index (χ1v) is 9.91. The van der Waals surface area contributed by atoms with Gasteiger partial charge in [-0.25, -0.2) is 9.97 Å². The van der Waals surface area contributed by atoms with Crippen molar-refractivity contribution in [3.8, 4) is 11.3 Å². The molecule has 0 aliphatic rings. The average molecular weight is 393 g/mol. The first-order valence-electron chi connectivity index (χ1n) is 9.91. The molecular weight excluding hydrogens is 366 g/mol. The van der Waals surface area contributed by atoms with E-state index in [1.807, 2.05) is 37.3 Å². The maximum absolute atomic E-state index is 12.9. The number of amides is 2. The second-order valence-electron chi connectivity index (χ2n) is 7.74. The lowest BCUT2D eigenvalue weighted by Crippen LogP contribution is -2.33. The van der Waals surface area contributed by atoms with Gasteiger partial charge in [-0.3, -0.25) is 14.0 Å². The molecule has 3 rings (SSSR count). The summed E-state index contributed by atoms with van der Waals surface area (Å²) >= 11 is 0. The van der Waals surface area contributed by atoms with Crippen LogP contribution in [-0.2, 0) is 0 Å². The Morgan fingerprint density at radius 3 is 2.52 bits per heavy atom. The summed E-state index contributed by atoms with van der Waals surface area (Å²) in [7, 11) is 0. The zero-order chi connectivity index (χ0) is 21.0. The maximum atomic E-state index is 12.9. The molecule has 152 valence electrons. The molecule has 7 heteroatoms. The Kier molecular flexibility index (Phi) is 6.26. The molecule has 1 unspecified atom stereocenters. The number of fused-ring (bicyclic) bond motifs is 1. The minimum atomic E-state index is -0.682. The van der Waals surface area contributed by atoms with Crippen LogP contribution in [0.2, 0.25) is 0 Å². The Bertz CT molecular complexity index is 1010. The molecule has 2 aromatic heterocycles. The van der Waals surface area contributed by atoms with Gasteiger partial charge in [-0.05, 0) is 30.9 Å². The van der Waals surface area contributed by atoms with Gasteiger partial charge in [0.15, 0.2) is 11.3 Å². The number of carbonyl (C=O) groups excluding carboxylic acids is 2. The molecule has 2 amide bonds. The predicted molar refractivity (Wildman–Crippen MR) is 113 cm³/mol. The molecule has 0 radical (unpaired) electrons. The molecule has 0 saturated heterocycles. The van der Waals surface area contributed by atoms with Crippen LogP contribution >= 0.6 is 0 Å². The van der Waals surface area contributed by atoms with Crippen LogP contribution in [0, 0.1) is 5.92 Å². The number of imidazole rings is 1. The van der Waals surface area contributed by atoms with Gasteiger partial charge in [0.05, 0.1) is 5.69 Å². The molecule has 0 aliphatic heterocycles. The zero-order valence-corrected chi connectivity index (χ0v) is 17.1. The Labute approximate surface area is 170 Å². The molecule has 0 aliphatic carbocycles. The molecule has 3 N–H and O–H groups in total. The van der Waals surface area contributed by atoms with E-state index in [0.717, 1.165) is 24.8 Å². The second-order valence-corrected chi connectivity index (χ2v) is 7.74. The zero-order valence-electron chi connectivity index (χ0n) is 17.1. The van der Waals surface area contributed by atoms with Crippen molar-refractivity contribution >= 4 is 17.5 Å². The monoisotopic (exact) mass is 393 g/mol. The number of nitrogens with one attached hydrogen (secondary N) is 1. The summed E-state index contributed by atoms with van der Waals surface area (Å²) in [5, 5.41) is 3.01. The number of benzene rings is 1. The summed E-state index contributed by atoms with van der Waals surface area (Å²) in [5.41, 5.74) is 7.59. The average Bonchev–Trinajstić information content (AvgIpc) is 3.12. The van der Waals surface area contributed by atoms with E-state index in [4.69, 9.17) is 5.73 Å². The Morgan fingerprint density at radius 2 is 1.86 bits per heavy atom. The molecular formula is C22H27N5O2. The van der Waals surface area contributed by atoms with Gasteiger partial charge in [0.25, 0.3) is 11.8 Å². The normalized spacial score (nSPS) is 12.3. The van der Waals surface area contributed by atoms with Gasteiger partial charge in [0.1, 0.15) is 12.0 Å². The molecule has 1 atom stereocenters. The summed E-state index contributed by atoms with van der Waals surface area (Å²) in [6.45, 7) is 6.37. The smallest absolute Gasteiger partial charge is 0.271 e. The second kappa shape index (κ2) is 8.86. The quantitative estimate of drug-likeness (QED) is 0.612. The third-order valence-corrected chi connectivity index (χ3v) is 4.83. The minimum Gasteiger partial charge on any atom is -0.364 e. The van der Waals surface area contributed by atoms with Gasteiger partial charge in [0.2, 0.25) is 0 Å². The van der Waals surface area contributed by atoms with E-state index < -0.39 is 5.91 Å². The van der Waals surface area contributed by atoms with Crippen LogP contribution in [0.15, 0.2) is 42.7 Å². The van der Waals surface area contributed by atoms with Crippen LogP contribution in [0.5, 0.6) is 0 Å². The third-order valence-electron chi connectivity index (χ3n) is 4.83. The van der Waals surface area contributed by atoms with Crippen molar-refractivity contribution in [3.63, 3.8) is 0 Å². The highest BCUT2D eigenvalue weighted by molar-refractivity contribution is 5.99. The Morgan fingerprint density at radius 1 is 1.14 bits per heavy atom. The fraction of sp³-hybridized carbons (Fsp3) is 0.364. The van der Waals surface area contributed by atoms with Gasteiger partial charge in [0, 0.05) is 6.04 Å². The first-order chi connectivity index (χ1) is 13.9. The van der Waals surface area contributed by atoms with E-state index >= 15 is 0 Å². The van der Waals surface area contributed by atoms with Crippen LogP contribution in [-0.4, -0.2) is 32.2 Å². The van der Waals surface area contributed by atoms with E-state index in [1.165, 1.54) is 6.33 Å². The lowest BCUT2D eigenvalue weighted by Gasteiger charge is -2.15. The summed E-state index contributed by atoms with van der Waals surface area (Å²) in [6.07, 6.45) is 4.58. The van der Waals surface area contributed by atoms with E-state index in [1.54, 1.807) is 10.5 Å². The third kappa shape index (κ3) is 4.80. The van der Waals surface area contributed by atoms with Gasteiger partial charge >= 0.3 is 0 Å². The molecule has 29 heavy (non-hydrogen) atoms. The van der Waals surface area contributed by atoms with Crippen molar-refractivity contribution in [2.24, 2.45) is 11.7 Å². The standard InChI is InChI=1S/C22H27N5O2/c1-14(2)8-7-9-15(3)25-22(29)17-12-18(16-10-5-4-6-11-16)27-13-24-19(20(23)28)21(27)26-17/h4-6,10-15H,7-9H2,1-3H3,(H2,23,28)(H,25,29). The molecule has 3 aromatic rings. The highest BCUT2D eigenvalue weighted by atomic mass is 16.2. The summed E-state index contributed by atoms with van der Waals surface area (Å²) in [6, 6.07) is 11.3. The fourth-order valence-corrected chi connectivity index (χ4v) is 3.29. The molecule has 0 fully saturated rings. The van der Waals surface area contributed by atoms with Crippen LogP contribution < -0.4 is 11.1 Å². The van der Waals surface area contributed by atoms with Gasteiger partial charge in [-0.1, -0.05) is 57.0 Å². The highest BCUT2D eigenvalue weighted by Crippen LogP contribution is 2.23. The maximum Gasteiger partial charge on any atom is 0.271 e. The number of nitrogens with two attached hydrogens (primary N) is 1. The number of aromatic nitrogens is 3. The number of carbonyl (C=O) groups is 2. The number of hydrogen-bond acceptors (Lipinski definition) is 4. The van der Waals surface area contributed by atoms with Crippen LogP contribution in [0.3, 0.4) is 0 Å². The van der Waals surface area contributed by atoms with Gasteiger partial charge in [-0.15, -0.1) is 0 Å². The van der Waals surface area contributed by atoms with Crippen LogP contribution in [0.4, 0.5) is 0 Å². The van der Waals surface area contributed by atoms with Crippen molar-refractivity contribution in [1.82, 2.24) is 19.7 Å². The molecule has 0 saturated carbocycles. The summed E-state index contributed by atoms with van der Waals surface area (Å²) < 4.78 is 1.68.